The molecule has 178 valence electrons. The molecule has 0 bridgehead atoms. The predicted octanol–water partition coefficient (Wildman–Crippen LogP) is 6.71. The number of hydrogen-bond donors (Lipinski definition) is 2. The lowest BCUT2D eigenvalue weighted by atomic mass is 10.0. The number of nitrogens with one attached hydrogen (secondary N) is 2. The molecule has 31 heavy (non-hydrogen) atoms. The lowest BCUT2D eigenvalue weighted by Gasteiger charge is -2.12. The summed E-state index contributed by atoms with van der Waals surface area (Å²) in [5, 5.41) is 6.11. The minimum Gasteiger partial charge on any atom is -0.497 e. The predicted molar refractivity (Wildman–Crippen MR) is 131 cm³/mol. The number of rotatable bonds is 20. The molecule has 5 heteroatoms. The van der Waals surface area contributed by atoms with Crippen molar-refractivity contribution in [3.05, 3.63) is 18.2 Å². The molecule has 1 aromatic rings. The molecule has 0 atom stereocenters. The first-order valence-corrected chi connectivity index (χ1v) is 12.4. The summed E-state index contributed by atoms with van der Waals surface area (Å²) >= 11 is 0. The van der Waals surface area contributed by atoms with Crippen molar-refractivity contribution >= 4 is 11.6 Å². The highest BCUT2D eigenvalue weighted by atomic mass is 16.5. The van der Waals surface area contributed by atoms with Gasteiger partial charge in [-0.2, -0.15) is 0 Å². The van der Waals surface area contributed by atoms with Gasteiger partial charge in [0.05, 0.1) is 26.5 Å². The number of carbonyl (C=O) groups excluding carboxylic acids is 1. The number of anilines is 1. The number of hydrogen-bond acceptors (Lipinski definition) is 4. The molecular formula is C26H46N2O3. The molecular weight excluding hydrogens is 388 g/mol. The highest BCUT2D eigenvalue weighted by Crippen LogP contribution is 2.28. The Hall–Kier alpha value is -1.75. The van der Waals surface area contributed by atoms with Gasteiger partial charge >= 0.3 is 0 Å². The van der Waals surface area contributed by atoms with E-state index >= 15 is 0 Å². The van der Waals surface area contributed by atoms with Crippen molar-refractivity contribution in [1.82, 2.24) is 5.32 Å². The highest BCUT2D eigenvalue weighted by Gasteiger charge is 2.08. The number of carbonyl (C=O) groups is 1. The molecule has 1 rings (SSSR count). The van der Waals surface area contributed by atoms with Crippen molar-refractivity contribution in [3.63, 3.8) is 0 Å². The summed E-state index contributed by atoms with van der Waals surface area (Å²) in [5.41, 5.74) is 0.630. The number of unbranched alkanes of at least 4 members (excludes halogenated alkanes) is 13. The zero-order valence-electron chi connectivity index (χ0n) is 20.3. The number of ether oxygens (including phenoxy) is 2. The first kappa shape index (κ1) is 27.3. The summed E-state index contributed by atoms with van der Waals surface area (Å²) in [4.78, 5) is 12.2. The van der Waals surface area contributed by atoms with Gasteiger partial charge in [0, 0.05) is 6.07 Å². The third kappa shape index (κ3) is 14.0. The van der Waals surface area contributed by atoms with Crippen LogP contribution < -0.4 is 20.1 Å². The number of benzene rings is 1. The monoisotopic (exact) mass is 434 g/mol. The van der Waals surface area contributed by atoms with Crippen LogP contribution in [0.5, 0.6) is 11.5 Å². The van der Waals surface area contributed by atoms with E-state index in [1.807, 2.05) is 6.07 Å². The zero-order valence-corrected chi connectivity index (χ0v) is 20.3. The van der Waals surface area contributed by atoms with Gasteiger partial charge in [-0.15, -0.1) is 0 Å². The highest BCUT2D eigenvalue weighted by molar-refractivity contribution is 5.93. The van der Waals surface area contributed by atoms with Gasteiger partial charge in [0.2, 0.25) is 5.91 Å². The summed E-state index contributed by atoms with van der Waals surface area (Å²) < 4.78 is 10.5. The average molecular weight is 435 g/mol. The first-order valence-electron chi connectivity index (χ1n) is 12.4. The van der Waals surface area contributed by atoms with Crippen molar-refractivity contribution < 1.29 is 14.3 Å². The molecule has 0 aliphatic carbocycles. The molecule has 0 spiro atoms. The van der Waals surface area contributed by atoms with E-state index in [-0.39, 0.29) is 5.91 Å². The van der Waals surface area contributed by atoms with Crippen LogP contribution in [0.4, 0.5) is 5.69 Å². The van der Waals surface area contributed by atoms with E-state index in [0.29, 0.717) is 23.7 Å². The Morgan fingerprint density at radius 3 is 1.84 bits per heavy atom. The van der Waals surface area contributed by atoms with Crippen LogP contribution in [0.25, 0.3) is 0 Å². The smallest absolute Gasteiger partial charge is 0.238 e. The minimum atomic E-state index is -0.0723. The van der Waals surface area contributed by atoms with Crippen molar-refractivity contribution in [2.75, 3.05) is 32.6 Å². The van der Waals surface area contributed by atoms with E-state index in [1.54, 1.807) is 26.4 Å². The molecule has 0 unspecified atom stereocenters. The van der Waals surface area contributed by atoms with Gasteiger partial charge in [0.25, 0.3) is 0 Å². The van der Waals surface area contributed by atoms with Gasteiger partial charge < -0.3 is 20.1 Å². The SMILES string of the molecule is CCCCCCCCCCCCCCCCNCC(=O)Nc1cc(OC)ccc1OC. The first-order chi connectivity index (χ1) is 15.2. The third-order valence-corrected chi connectivity index (χ3v) is 5.67. The lowest BCUT2D eigenvalue weighted by molar-refractivity contribution is -0.115. The maximum Gasteiger partial charge on any atom is 0.238 e. The Balaban J connectivity index is 1.94. The molecule has 0 radical (unpaired) electrons. The van der Waals surface area contributed by atoms with E-state index in [1.165, 1.54) is 83.5 Å². The van der Waals surface area contributed by atoms with Crippen molar-refractivity contribution in [2.24, 2.45) is 0 Å². The van der Waals surface area contributed by atoms with Crippen LogP contribution in [0, 0.1) is 0 Å². The van der Waals surface area contributed by atoms with Crippen LogP contribution in [-0.2, 0) is 4.79 Å². The summed E-state index contributed by atoms with van der Waals surface area (Å²) in [6.45, 7) is 3.46. The van der Waals surface area contributed by atoms with Crippen molar-refractivity contribution in [3.8, 4) is 11.5 Å². The number of amides is 1. The van der Waals surface area contributed by atoms with Crippen molar-refractivity contribution in [1.29, 1.82) is 0 Å². The molecule has 0 aromatic heterocycles. The quantitative estimate of drug-likeness (QED) is 0.224. The molecule has 0 fully saturated rings. The summed E-state index contributed by atoms with van der Waals surface area (Å²) in [7, 11) is 3.19. The summed E-state index contributed by atoms with van der Waals surface area (Å²) in [6.07, 6.45) is 19.0. The molecule has 0 saturated heterocycles. The van der Waals surface area contributed by atoms with E-state index in [2.05, 4.69) is 17.6 Å². The standard InChI is InChI=1S/C26H46N2O3/c1-4-5-6-7-8-9-10-11-12-13-14-15-16-17-20-27-22-26(29)28-24-21-23(30-2)18-19-25(24)31-3/h18-19,21,27H,4-17,20,22H2,1-3H3,(H,28,29). The van der Waals surface area contributed by atoms with Gasteiger partial charge in [0.1, 0.15) is 11.5 Å². The Morgan fingerprint density at radius 2 is 1.32 bits per heavy atom. The fraction of sp³-hybridized carbons (Fsp3) is 0.731. The molecule has 0 aliphatic rings. The van der Waals surface area contributed by atoms with Crippen LogP contribution in [0.2, 0.25) is 0 Å². The Kier molecular flexibility index (Phi) is 16.7. The van der Waals surface area contributed by atoms with Gasteiger partial charge in [-0.25, -0.2) is 0 Å². The van der Waals surface area contributed by atoms with E-state index in [9.17, 15) is 4.79 Å². The van der Waals surface area contributed by atoms with E-state index in [4.69, 9.17) is 9.47 Å². The molecule has 1 amide bonds. The fourth-order valence-electron chi connectivity index (χ4n) is 3.75. The minimum absolute atomic E-state index is 0.0723. The topological polar surface area (TPSA) is 59.6 Å². The zero-order chi connectivity index (χ0) is 22.6. The molecule has 0 heterocycles. The molecule has 5 nitrogen and oxygen atoms in total. The number of methoxy groups -OCH3 is 2. The Morgan fingerprint density at radius 1 is 0.774 bits per heavy atom. The Bertz CT molecular complexity index is 578. The third-order valence-electron chi connectivity index (χ3n) is 5.67. The van der Waals surface area contributed by atoms with Crippen LogP contribution in [-0.4, -0.2) is 33.2 Å². The maximum atomic E-state index is 12.2. The molecule has 0 aliphatic heterocycles. The maximum absolute atomic E-state index is 12.2. The normalized spacial score (nSPS) is 10.8. The lowest BCUT2D eigenvalue weighted by Crippen LogP contribution is -2.28. The van der Waals surface area contributed by atoms with Crippen LogP contribution >= 0.6 is 0 Å². The van der Waals surface area contributed by atoms with Gasteiger partial charge in [-0.05, 0) is 25.1 Å². The van der Waals surface area contributed by atoms with Gasteiger partial charge in [0.15, 0.2) is 0 Å². The fourth-order valence-corrected chi connectivity index (χ4v) is 3.75. The van der Waals surface area contributed by atoms with E-state index in [0.717, 1.165) is 13.0 Å². The Labute approximate surface area is 190 Å². The average Bonchev–Trinajstić information content (AvgIpc) is 2.78. The van der Waals surface area contributed by atoms with Crippen LogP contribution in [0.1, 0.15) is 96.8 Å². The van der Waals surface area contributed by atoms with Crippen LogP contribution in [0.3, 0.4) is 0 Å². The van der Waals surface area contributed by atoms with Crippen molar-refractivity contribution in [2.45, 2.75) is 96.8 Å². The summed E-state index contributed by atoms with van der Waals surface area (Å²) in [6, 6.07) is 5.36. The van der Waals surface area contributed by atoms with Gasteiger partial charge in [-0.3, -0.25) is 4.79 Å². The van der Waals surface area contributed by atoms with Crippen LogP contribution in [0.15, 0.2) is 18.2 Å². The second-order valence-electron chi connectivity index (χ2n) is 8.39. The second kappa shape index (κ2) is 19.0. The second-order valence-corrected chi connectivity index (χ2v) is 8.39. The van der Waals surface area contributed by atoms with E-state index < -0.39 is 0 Å². The largest absolute Gasteiger partial charge is 0.497 e. The summed E-state index contributed by atoms with van der Waals surface area (Å²) in [5.74, 6) is 1.24. The van der Waals surface area contributed by atoms with Gasteiger partial charge in [-0.1, -0.05) is 90.4 Å². The molecule has 0 saturated carbocycles. The molecule has 1 aromatic carbocycles. The molecule has 2 N–H and O–H groups in total.